The monoisotopic (exact) mass is 310 g/mol. The zero-order valence-electron chi connectivity index (χ0n) is 12.2. The second-order valence-corrected chi connectivity index (χ2v) is 5.57. The first-order valence-corrected chi connectivity index (χ1v) is 7.41. The van der Waals surface area contributed by atoms with Crippen molar-refractivity contribution < 1.29 is 14.3 Å². The fourth-order valence-corrected chi connectivity index (χ4v) is 2.48. The van der Waals surface area contributed by atoms with E-state index in [1.807, 2.05) is 6.92 Å². The lowest BCUT2D eigenvalue weighted by Gasteiger charge is -2.29. The summed E-state index contributed by atoms with van der Waals surface area (Å²) in [5, 5.41) is 3.38. The van der Waals surface area contributed by atoms with Gasteiger partial charge >= 0.3 is 0 Å². The molecule has 1 N–H and O–H groups in total. The number of fused-ring (bicyclic) bond motifs is 1. The van der Waals surface area contributed by atoms with Crippen LogP contribution in [-0.4, -0.2) is 31.0 Å². The molecule has 2 amide bonds. The van der Waals surface area contributed by atoms with Crippen molar-refractivity contribution in [3.8, 4) is 5.75 Å². The highest BCUT2D eigenvalue weighted by molar-refractivity contribution is 6.31. The fourth-order valence-electron chi connectivity index (χ4n) is 2.32. The summed E-state index contributed by atoms with van der Waals surface area (Å²) in [6.07, 6.45) is 1.90. The minimum atomic E-state index is -0.247. The molecule has 21 heavy (non-hydrogen) atoms. The van der Waals surface area contributed by atoms with Gasteiger partial charge in [-0.2, -0.15) is 0 Å². The fraction of sp³-hybridized carbons (Fsp3) is 0.467. The molecule has 1 atom stereocenters. The van der Waals surface area contributed by atoms with Crippen LogP contribution in [0.3, 0.4) is 0 Å². The SMILES string of the molecule is CCC[C@H](C)NC(=O)CN1C(=O)COc2ccc(Cl)cc21. The van der Waals surface area contributed by atoms with Crippen LogP contribution >= 0.6 is 11.6 Å². The van der Waals surface area contributed by atoms with Gasteiger partial charge in [0, 0.05) is 11.1 Å². The van der Waals surface area contributed by atoms with Crippen molar-refractivity contribution in [1.82, 2.24) is 5.32 Å². The summed E-state index contributed by atoms with van der Waals surface area (Å²) >= 11 is 5.96. The molecule has 1 heterocycles. The van der Waals surface area contributed by atoms with Crippen LogP contribution < -0.4 is 15.0 Å². The van der Waals surface area contributed by atoms with Crippen molar-refractivity contribution in [2.45, 2.75) is 32.7 Å². The van der Waals surface area contributed by atoms with Crippen LogP contribution in [0.5, 0.6) is 5.75 Å². The summed E-state index contributed by atoms with van der Waals surface area (Å²) in [7, 11) is 0. The molecule has 114 valence electrons. The molecule has 0 spiro atoms. The number of anilines is 1. The first kappa shape index (κ1) is 15.6. The maximum absolute atomic E-state index is 12.1. The predicted molar refractivity (Wildman–Crippen MR) is 81.8 cm³/mol. The molecule has 1 aliphatic rings. The van der Waals surface area contributed by atoms with E-state index in [0.717, 1.165) is 12.8 Å². The van der Waals surface area contributed by atoms with Gasteiger partial charge in [0.2, 0.25) is 5.91 Å². The lowest BCUT2D eigenvalue weighted by molar-refractivity contribution is -0.125. The Hall–Kier alpha value is -1.75. The number of halogens is 1. The number of nitrogens with zero attached hydrogens (tertiary/aromatic N) is 1. The first-order valence-electron chi connectivity index (χ1n) is 7.03. The number of hydrogen-bond donors (Lipinski definition) is 1. The molecular formula is C15H19ClN2O3. The zero-order valence-corrected chi connectivity index (χ0v) is 12.9. The van der Waals surface area contributed by atoms with Crippen molar-refractivity contribution >= 4 is 29.1 Å². The molecule has 0 aromatic heterocycles. The summed E-state index contributed by atoms with van der Waals surface area (Å²) in [6.45, 7) is 3.93. The van der Waals surface area contributed by atoms with E-state index < -0.39 is 0 Å². The van der Waals surface area contributed by atoms with E-state index in [9.17, 15) is 9.59 Å². The van der Waals surface area contributed by atoms with Crippen LogP contribution in [0.1, 0.15) is 26.7 Å². The van der Waals surface area contributed by atoms with Gasteiger partial charge in [-0.05, 0) is 31.5 Å². The molecule has 1 aromatic carbocycles. The second kappa shape index (κ2) is 6.80. The van der Waals surface area contributed by atoms with Crippen LogP contribution in [0.4, 0.5) is 5.69 Å². The molecule has 0 aliphatic carbocycles. The number of carbonyl (C=O) groups excluding carboxylic acids is 2. The third-order valence-electron chi connectivity index (χ3n) is 3.29. The number of hydrogen-bond acceptors (Lipinski definition) is 3. The lowest BCUT2D eigenvalue weighted by Crippen LogP contribution is -2.46. The largest absolute Gasteiger partial charge is 0.482 e. The molecule has 2 rings (SSSR count). The van der Waals surface area contributed by atoms with Gasteiger partial charge in [-0.3, -0.25) is 14.5 Å². The van der Waals surface area contributed by atoms with Crippen molar-refractivity contribution in [2.24, 2.45) is 0 Å². The second-order valence-electron chi connectivity index (χ2n) is 5.14. The third kappa shape index (κ3) is 3.88. The van der Waals surface area contributed by atoms with E-state index in [2.05, 4.69) is 12.2 Å². The van der Waals surface area contributed by atoms with Gasteiger partial charge in [-0.1, -0.05) is 24.9 Å². The van der Waals surface area contributed by atoms with Crippen LogP contribution in [0.2, 0.25) is 5.02 Å². The first-order chi connectivity index (χ1) is 10.0. The average Bonchev–Trinajstić information content (AvgIpc) is 2.42. The standard InChI is InChI=1S/C15H19ClN2O3/c1-3-4-10(2)17-14(19)8-18-12-7-11(16)5-6-13(12)21-9-15(18)20/h5-7,10H,3-4,8-9H2,1-2H3,(H,17,19)/t10-/m0/s1. The van der Waals surface area contributed by atoms with E-state index in [4.69, 9.17) is 16.3 Å². The molecule has 6 heteroatoms. The Balaban J connectivity index is 2.11. The highest BCUT2D eigenvalue weighted by Crippen LogP contribution is 2.34. The Kier molecular flexibility index (Phi) is 5.07. The number of rotatable bonds is 5. The average molecular weight is 311 g/mol. The van der Waals surface area contributed by atoms with Crippen molar-refractivity contribution in [1.29, 1.82) is 0 Å². The quantitative estimate of drug-likeness (QED) is 0.908. The highest BCUT2D eigenvalue weighted by atomic mass is 35.5. The van der Waals surface area contributed by atoms with E-state index in [-0.39, 0.29) is 31.0 Å². The van der Waals surface area contributed by atoms with Gasteiger partial charge in [0.15, 0.2) is 6.61 Å². The van der Waals surface area contributed by atoms with E-state index in [1.54, 1.807) is 18.2 Å². The topological polar surface area (TPSA) is 58.6 Å². The van der Waals surface area contributed by atoms with Crippen molar-refractivity contribution in [3.63, 3.8) is 0 Å². The molecule has 5 nitrogen and oxygen atoms in total. The number of amides is 2. The minimum absolute atomic E-state index is 0.0242. The Bertz CT molecular complexity index is 548. The van der Waals surface area contributed by atoms with Gasteiger partial charge in [0.1, 0.15) is 12.3 Å². The molecule has 0 fully saturated rings. The van der Waals surface area contributed by atoms with Gasteiger partial charge in [-0.25, -0.2) is 0 Å². The Morgan fingerprint density at radius 1 is 1.52 bits per heavy atom. The maximum Gasteiger partial charge on any atom is 0.265 e. The number of nitrogens with one attached hydrogen (secondary N) is 1. The van der Waals surface area contributed by atoms with E-state index in [0.29, 0.717) is 16.5 Å². The van der Waals surface area contributed by atoms with Crippen LogP contribution in [-0.2, 0) is 9.59 Å². The molecule has 0 radical (unpaired) electrons. The molecule has 0 saturated carbocycles. The third-order valence-corrected chi connectivity index (χ3v) is 3.53. The van der Waals surface area contributed by atoms with Crippen molar-refractivity contribution in [2.75, 3.05) is 18.1 Å². The highest BCUT2D eigenvalue weighted by Gasteiger charge is 2.27. The van der Waals surface area contributed by atoms with Crippen LogP contribution in [0.15, 0.2) is 18.2 Å². The van der Waals surface area contributed by atoms with Crippen LogP contribution in [0, 0.1) is 0 Å². The molecule has 1 aliphatic heterocycles. The number of ether oxygens (including phenoxy) is 1. The Labute approximate surface area is 129 Å². The van der Waals surface area contributed by atoms with Gasteiger partial charge in [0.05, 0.1) is 5.69 Å². The number of carbonyl (C=O) groups is 2. The summed E-state index contributed by atoms with van der Waals surface area (Å²) in [4.78, 5) is 25.5. The Morgan fingerprint density at radius 3 is 3.00 bits per heavy atom. The molecule has 0 bridgehead atoms. The molecular weight excluding hydrogens is 292 g/mol. The van der Waals surface area contributed by atoms with E-state index >= 15 is 0 Å². The summed E-state index contributed by atoms with van der Waals surface area (Å²) in [5.41, 5.74) is 0.539. The molecule has 0 saturated heterocycles. The Morgan fingerprint density at radius 2 is 2.29 bits per heavy atom. The summed E-state index contributed by atoms with van der Waals surface area (Å²) in [5.74, 6) is 0.133. The van der Waals surface area contributed by atoms with Crippen LogP contribution in [0.25, 0.3) is 0 Å². The summed E-state index contributed by atoms with van der Waals surface area (Å²) in [6, 6.07) is 5.13. The van der Waals surface area contributed by atoms with E-state index in [1.165, 1.54) is 4.90 Å². The smallest absolute Gasteiger partial charge is 0.265 e. The van der Waals surface area contributed by atoms with Crippen molar-refractivity contribution in [3.05, 3.63) is 23.2 Å². The zero-order chi connectivity index (χ0) is 15.4. The summed E-state index contributed by atoms with van der Waals surface area (Å²) < 4.78 is 5.34. The normalized spacial score (nSPS) is 15.2. The van der Waals surface area contributed by atoms with Gasteiger partial charge in [0.25, 0.3) is 5.91 Å². The minimum Gasteiger partial charge on any atom is -0.482 e. The maximum atomic E-state index is 12.1. The number of benzene rings is 1. The van der Waals surface area contributed by atoms with Gasteiger partial charge in [-0.15, -0.1) is 0 Å². The lowest BCUT2D eigenvalue weighted by atomic mass is 10.2. The molecule has 0 unspecified atom stereocenters. The predicted octanol–water partition coefficient (Wildman–Crippen LogP) is 2.37. The molecule has 1 aromatic rings. The van der Waals surface area contributed by atoms with Gasteiger partial charge < -0.3 is 10.1 Å².